The molecule has 2 aromatic rings. The van der Waals surface area contributed by atoms with Gasteiger partial charge in [-0.05, 0) is 24.3 Å². The average Bonchev–Trinajstić information content (AvgIpc) is 2.46. The number of ether oxygens (including phenoxy) is 1. The van der Waals surface area contributed by atoms with Gasteiger partial charge in [0.15, 0.2) is 0 Å². The molecule has 0 spiro atoms. The quantitative estimate of drug-likeness (QED) is 0.846. The number of rotatable bonds is 4. The zero-order valence-electron chi connectivity index (χ0n) is 11.8. The first kappa shape index (κ1) is 14.6. The number of anilines is 3. The van der Waals surface area contributed by atoms with Crippen molar-refractivity contribution in [3.63, 3.8) is 0 Å². The number of amides is 1. The number of primary amides is 1. The van der Waals surface area contributed by atoms with Crippen LogP contribution in [0.2, 0.25) is 0 Å². The molecular formula is C15H16FN3O2. The highest BCUT2D eigenvalue weighted by Gasteiger charge is 2.16. The van der Waals surface area contributed by atoms with Gasteiger partial charge < -0.3 is 21.1 Å². The van der Waals surface area contributed by atoms with E-state index in [4.69, 9.17) is 16.2 Å². The Morgan fingerprint density at radius 3 is 2.62 bits per heavy atom. The lowest BCUT2D eigenvalue weighted by atomic mass is 10.1. The molecule has 6 heteroatoms. The fraction of sp³-hybridized carbons (Fsp3) is 0.133. The molecule has 5 nitrogen and oxygen atoms in total. The highest BCUT2D eigenvalue weighted by Crippen LogP contribution is 2.31. The van der Waals surface area contributed by atoms with Crippen molar-refractivity contribution in [1.82, 2.24) is 0 Å². The molecular weight excluding hydrogens is 273 g/mol. The van der Waals surface area contributed by atoms with Crippen molar-refractivity contribution in [1.29, 1.82) is 0 Å². The molecule has 2 aromatic carbocycles. The van der Waals surface area contributed by atoms with Crippen molar-refractivity contribution in [2.24, 2.45) is 5.73 Å². The fourth-order valence-corrected chi connectivity index (χ4v) is 2.01. The number of hydrogen-bond acceptors (Lipinski definition) is 4. The van der Waals surface area contributed by atoms with Crippen LogP contribution in [0.1, 0.15) is 10.4 Å². The first-order chi connectivity index (χ1) is 9.93. The highest BCUT2D eigenvalue weighted by atomic mass is 19.1. The molecule has 0 fully saturated rings. The Balaban J connectivity index is 2.49. The van der Waals surface area contributed by atoms with Crippen LogP contribution in [-0.4, -0.2) is 20.1 Å². The third-order valence-corrected chi connectivity index (χ3v) is 3.19. The molecule has 0 aliphatic rings. The Kier molecular flexibility index (Phi) is 3.98. The number of carbonyl (C=O) groups is 1. The lowest BCUT2D eigenvalue weighted by molar-refractivity contribution is 0.100. The molecule has 0 saturated carbocycles. The third kappa shape index (κ3) is 2.89. The number of methoxy groups -OCH3 is 1. The highest BCUT2D eigenvalue weighted by molar-refractivity contribution is 5.99. The third-order valence-electron chi connectivity index (χ3n) is 3.19. The van der Waals surface area contributed by atoms with Crippen LogP contribution in [0, 0.1) is 5.82 Å². The molecule has 0 saturated heterocycles. The summed E-state index contributed by atoms with van der Waals surface area (Å²) in [6.45, 7) is 0. The summed E-state index contributed by atoms with van der Waals surface area (Å²) in [5, 5.41) is 0. The number of halogens is 1. The summed E-state index contributed by atoms with van der Waals surface area (Å²) >= 11 is 0. The van der Waals surface area contributed by atoms with Crippen LogP contribution in [-0.2, 0) is 0 Å². The number of nitrogen functional groups attached to an aromatic ring is 1. The van der Waals surface area contributed by atoms with Gasteiger partial charge in [-0.1, -0.05) is 6.07 Å². The Morgan fingerprint density at radius 1 is 1.29 bits per heavy atom. The van der Waals surface area contributed by atoms with Crippen LogP contribution in [0.5, 0.6) is 5.75 Å². The number of nitrogens with two attached hydrogens (primary N) is 2. The van der Waals surface area contributed by atoms with E-state index in [-0.39, 0.29) is 16.9 Å². The zero-order valence-corrected chi connectivity index (χ0v) is 11.8. The molecule has 2 rings (SSSR count). The van der Waals surface area contributed by atoms with Crippen LogP contribution in [0.3, 0.4) is 0 Å². The van der Waals surface area contributed by atoms with E-state index in [1.165, 1.54) is 6.07 Å². The van der Waals surface area contributed by atoms with Crippen LogP contribution in [0.25, 0.3) is 0 Å². The van der Waals surface area contributed by atoms with Gasteiger partial charge in [0.25, 0.3) is 5.91 Å². The van der Waals surface area contributed by atoms with E-state index < -0.39 is 11.7 Å². The lowest BCUT2D eigenvalue weighted by Crippen LogP contribution is -2.17. The van der Waals surface area contributed by atoms with Crippen LogP contribution in [0.4, 0.5) is 21.5 Å². The lowest BCUT2D eigenvalue weighted by Gasteiger charge is -2.21. The van der Waals surface area contributed by atoms with Gasteiger partial charge in [0.1, 0.15) is 11.6 Å². The van der Waals surface area contributed by atoms with Crippen molar-refractivity contribution in [2.75, 3.05) is 24.8 Å². The van der Waals surface area contributed by atoms with E-state index in [1.54, 1.807) is 43.3 Å². The second-order valence-corrected chi connectivity index (χ2v) is 4.52. The van der Waals surface area contributed by atoms with E-state index in [1.807, 2.05) is 0 Å². The molecule has 0 aliphatic heterocycles. The van der Waals surface area contributed by atoms with Crippen molar-refractivity contribution < 1.29 is 13.9 Å². The monoisotopic (exact) mass is 289 g/mol. The second-order valence-electron chi connectivity index (χ2n) is 4.52. The van der Waals surface area contributed by atoms with Crippen molar-refractivity contribution in [3.8, 4) is 5.75 Å². The number of benzene rings is 2. The largest absolute Gasteiger partial charge is 0.497 e. The average molecular weight is 289 g/mol. The zero-order chi connectivity index (χ0) is 15.6. The van der Waals surface area contributed by atoms with E-state index in [0.29, 0.717) is 11.4 Å². The smallest absolute Gasteiger partial charge is 0.250 e. The summed E-state index contributed by atoms with van der Waals surface area (Å²) in [5.74, 6) is -0.596. The minimum Gasteiger partial charge on any atom is -0.497 e. The molecule has 21 heavy (non-hydrogen) atoms. The predicted octanol–water partition coefficient (Wildman–Crippen LogP) is 2.28. The maximum absolute atomic E-state index is 14.1. The molecule has 0 atom stereocenters. The molecule has 0 radical (unpaired) electrons. The standard InChI is InChI=1S/C15H16FN3O2/c1-19(9-4-3-5-10(6-9)21-2)14-7-11(15(18)20)13(17)8-12(14)16/h3-8H,17H2,1-2H3,(H2,18,20). The van der Waals surface area contributed by atoms with Gasteiger partial charge in [0, 0.05) is 24.5 Å². The molecule has 0 heterocycles. The fourth-order valence-electron chi connectivity index (χ4n) is 2.01. The van der Waals surface area contributed by atoms with Crippen molar-refractivity contribution >= 4 is 23.0 Å². The second kappa shape index (κ2) is 5.70. The van der Waals surface area contributed by atoms with Crippen molar-refractivity contribution in [3.05, 3.63) is 47.8 Å². The number of nitrogens with zero attached hydrogens (tertiary/aromatic N) is 1. The van der Waals surface area contributed by atoms with Crippen LogP contribution >= 0.6 is 0 Å². The Bertz CT molecular complexity index is 689. The number of hydrogen-bond donors (Lipinski definition) is 2. The van der Waals surface area contributed by atoms with E-state index in [0.717, 1.165) is 6.07 Å². The van der Waals surface area contributed by atoms with Gasteiger partial charge in [-0.15, -0.1) is 0 Å². The van der Waals surface area contributed by atoms with Crippen LogP contribution in [0.15, 0.2) is 36.4 Å². The first-order valence-corrected chi connectivity index (χ1v) is 6.20. The first-order valence-electron chi connectivity index (χ1n) is 6.20. The van der Waals surface area contributed by atoms with Gasteiger partial charge >= 0.3 is 0 Å². The van der Waals surface area contributed by atoms with Gasteiger partial charge in [0.05, 0.1) is 18.4 Å². The molecule has 1 amide bonds. The molecule has 4 N–H and O–H groups in total. The summed E-state index contributed by atoms with van der Waals surface area (Å²) in [6, 6.07) is 9.54. The van der Waals surface area contributed by atoms with Crippen LogP contribution < -0.4 is 21.1 Å². The van der Waals surface area contributed by atoms with E-state index >= 15 is 0 Å². The van der Waals surface area contributed by atoms with Gasteiger partial charge in [-0.25, -0.2) is 4.39 Å². The normalized spacial score (nSPS) is 10.2. The van der Waals surface area contributed by atoms with Gasteiger partial charge in [-0.2, -0.15) is 0 Å². The minimum atomic E-state index is -0.701. The summed E-state index contributed by atoms with van der Waals surface area (Å²) in [4.78, 5) is 12.9. The Labute approximate surface area is 121 Å². The summed E-state index contributed by atoms with van der Waals surface area (Å²) < 4.78 is 19.2. The van der Waals surface area contributed by atoms with Gasteiger partial charge in [0.2, 0.25) is 0 Å². The molecule has 0 aliphatic carbocycles. The molecule has 0 bridgehead atoms. The topological polar surface area (TPSA) is 81.6 Å². The summed E-state index contributed by atoms with van der Waals surface area (Å²) in [7, 11) is 3.22. The molecule has 0 unspecified atom stereocenters. The Hall–Kier alpha value is -2.76. The number of carbonyl (C=O) groups excluding carboxylic acids is 1. The van der Waals surface area contributed by atoms with E-state index in [9.17, 15) is 9.18 Å². The van der Waals surface area contributed by atoms with Crippen molar-refractivity contribution in [2.45, 2.75) is 0 Å². The van der Waals surface area contributed by atoms with E-state index in [2.05, 4.69) is 0 Å². The minimum absolute atomic E-state index is 0.0165. The molecule has 0 aromatic heterocycles. The van der Waals surface area contributed by atoms with Gasteiger partial charge in [-0.3, -0.25) is 4.79 Å². The summed E-state index contributed by atoms with van der Waals surface area (Å²) in [6.07, 6.45) is 0. The SMILES string of the molecule is COc1cccc(N(C)c2cc(C(N)=O)c(N)cc2F)c1. The maximum atomic E-state index is 14.1. The maximum Gasteiger partial charge on any atom is 0.250 e. The predicted molar refractivity (Wildman–Crippen MR) is 80.4 cm³/mol. The molecule has 110 valence electrons. The Morgan fingerprint density at radius 2 is 2.00 bits per heavy atom. The summed E-state index contributed by atoms with van der Waals surface area (Å²) in [5.41, 5.74) is 11.8.